The maximum Gasteiger partial charge on any atom is 0.294 e. The SMILES string of the molecule is Cc1ccc(Cl)cc1NC(=O)CN1C(=O)S/C(=C\c2cn(CCOc3ccccc3)c3ccccc23)C1=O. The van der Waals surface area contributed by atoms with E-state index in [4.69, 9.17) is 16.3 Å². The normalized spacial score (nSPS) is 14.5. The zero-order chi connectivity index (χ0) is 26.6. The van der Waals surface area contributed by atoms with Gasteiger partial charge in [0, 0.05) is 33.4 Å². The number of anilines is 1. The maximum atomic E-state index is 13.1. The molecule has 0 spiro atoms. The number of hydrogen-bond donors (Lipinski definition) is 1. The van der Waals surface area contributed by atoms with Gasteiger partial charge < -0.3 is 14.6 Å². The molecule has 0 bridgehead atoms. The van der Waals surface area contributed by atoms with Gasteiger partial charge in [-0.1, -0.05) is 54.1 Å². The van der Waals surface area contributed by atoms with Gasteiger partial charge in [-0.15, -0.1) is 0 Å². The molecular weight excluding hydrogens is 522 g/mol. The van der Waals surface area contributed by atoms with Crippen molar-refractivity contribution < 1.29 is 19.1 Å². The number of rotatable bonds is 8. The summed E-state index contributed by atoms with van der Waals surface area (Å²) in [6.45, 7) is 2.53. The monoisotopic (exact) mass is 545 g/mol. The first-order valence-corrected chi connectivity index (χ1v) is 13.2. The minimum absolute atomic E-state index is 0.269. The van der Waals surface area contributed by atoms with Crippen molar-refractivity contribution in [1.82, 2.24) is 9.47 Å². The Labute approximate surface area is 229 Å². The molecule has 2 heterocycles. The fourth-order valence-electron chi connectivity index (χ4n) is 4.19. The summed E-state index contributed by atoms with van der Waals surface area (Å²) in [6, 6.07) is 22.6. The van der Waals surface area contributed by atoms with Gasteiger partial charge in [-0.2, -0.15) is 0 Å². The average Bonchev–Trinajstić information content (AvgIpc) is 3.39. The van der Waals surface area contributed by atoms with Crippen molar-refractivity contribution in [1.29, 1.82) is 0 Å². The van der Waals surface area contributed by atoms with E-state index >= 15 is 0 Å². The number of carbonyl (C=O) groups excluding carboxylic acids is 3. The number of carbonyl (C=O) groups is 3. The van der Waals surface area contributed by atoms with E-state index in [1.807, 2.05) is 67.7 Å². The van der Waals surface area contributed by atoms with Gasteiger partial charge >= 0.3 is 0 Å². The number of benzene rings is 3. The van der Waals surface area contributed by atoms with Crippen LogP contribution >= 0.6 is 23.4 Å². The molecule has 1 N–H and O–H groups in total. The number of para-hydroxylation sites is 2. The Hall–Kier alpha value is -4.01. The van der Waals surface area contributed by atoms with Crippen molar-refractivity contribution in [2.75, 3.05) is 18.5 Å². The van der Waals surface area contributed by atoms with E-state index in [2.05, 4.69) is 9.88 Å². The Morgan fingerprint density at radius 3 is 2.63 bits per heavy atom. The predicted molar refractivity (Wildman–Crippen MR) is 151 cm³/mol. The van der Waals surface area contributed by atoms with Gasteiger partial charge in [0.1, 0.15) is 18.9 Å². The topological polar surface area (TPSA) is 80.6 Å². The molecule has 1 aliphatic rings. The number of nitrogens with one attached hydrogen (secondary N) is 1. The summed E-state index contributed by atoms with van der Waals surface area (Å²) in [4.78, 5) is 39.6. The van der Waals surface area contributed by atoms with Crippen LogP contribution in [0.5, 0.6) is 5.75 Å². The van der Waals surface area contributed by atoms with Crippen molar-refractivity contribution in [3.63, 3.8) is 0 Å². The van der Waals surface area contributed by atoms with Gasteiger partial charge in [0.25, 0.3) is 11.1 Å². The van der Waals surface area contributed by atoms with Crippen molar-refractivity contribution in [2.45, 2.75) is 13.5 Å². The fraction of sp³-hybridized carbons (Fsp3) is 0.138. The third-order valence-corrected chi connectivity index (χ3v) is 7.24. The number of aryl methyl sites for hydroxylation is 1. The number of imide groups is 1. The van der Waals surface area contributed by atoms with Gasteiger partial charge in [0.05, 0.1) is 11.4 Å². The molecule has 0 radical (unpaired) electrons. The summed E-state index contributed by atoms with van der Waals surface area (Å²) in [7, 11) is 0. The molecule has 3 aromatic carbocycles. The lowest BCUT2D eigenvalue weighted by atomic mass is 10.1. The predicted octanol–water partition coefficient (Wildman–Crippen LogP) is 6.36. The van der Waals surface area contributed by atoms with Crippen LogP contribution in [0.4, 0.5) is 10.5 Å². The van der Waals surface area contributed by atoms with Crippen LogP contribution < -0.4 is 10.1 Å². The molecule has 0 aliphatic carbocycles. The van der Waals surface area contributed by atoms with Gasteiger partial charge in [-0.3, -0.25) is 19.3 Å². The standard InChI is InChI=1S/C29H24ClN3O4S/c1-19-11-12-21(30)16-24(19)31-27(34)18-33-28(35)26(38-29(33)36)15-20-17-32(25-10-6-5-9-23(20)25)13-14-37-22-7-3-2-4-8-22/h2-12,15-17H,13-14,18H2,1H3,(H,31,34)/b26-15-. The Balaban J connectivity index is 1.31. The van der Waals surface area contributed by atoms with Crippen LogP contribution in [0, 0.1) is 6.92 Å². The minimum Gasteiger partial charge on any atom is -0.492 e. The first kappa shape index (κ1) is 25.6. The third-order valence-electron chi connectivity index (χ3n) is 6.10. The molecule has 0 atom stereocenters. The first-order valence-electron chi connectivity index (χ1n) is 12.0. The van der Waals surface area contributed by atoms with Crippen molar-refractivity contribution in [3.05, 3.63) is 100 Å². The highest BCUT2D eigenvalue weighted by atomic mass is 35.5. The second-order valence-electron chi connectivity index (χ2n) is 8.73. The van der Waals surface area contributed by atoms with Crippen molar-refractivity contribution in [3.8, 4) is 5.75 Å². The van der Waals surface area contributed by atoms with Crippen LogP contribution in [0.25, 0.3) is 17.0 Å². The van der Waals surface area contributed by atoms with E-state index in [9.17, 15) is 14.4 Å². The summed E-state index contributed by atoms with van der Waals surface area (Å²) >= 11 is 6.85. The molecule has 0 saturated carbocycles. The summed E-state index contributed by atoms with van der Waals surface area (Å²) in [5.41, 5.74) is 3.16. The Morgan fingerprint density at radius 1 is 1.05 bits per heavy atom. The zero-order valence-corrected chi connectivity index (χ0v) is 22.1. The van der Waals surface area contributed by atoms with Gasteiger partial charge in [-0.25, -0.2) is 0 Å². The third kappa shape index (κ3) is 5.61. The zero-order valence-electron chi connectivity index (χ0n) is 20.5. The van der Waals surface area contributed by atoms with Gasteiger partial charge in [0.15, 0.2) is 0 Å². The van der Waals surface area contributed by atoms with Crippen LogP contribution in [0.1, 0.15) is 11.1 Å². The van der Waals surface area contributed by atoms with E-state index < -0.39 is 17.1 Å². The van der Waals surface area contributed by atoms with Crippen molar-refractivity contribution >= 4 is 63.1 Å². The number of nitrogens with zero attached hydrogens (tertiary/aromatic N) is 2. The first-order chi connectivity index (χ1) is 18.4. The molecule has 38 heavy (non-hydrogen) atoms. The Kier molecular flexibility index (Phi) is 7.53. The second kappa shape index (κ2) is 11.2. The van der Waals surface area contributed by atoms with E-state index in [1.165, 1.54) is 0 Å². The largest absolute Gasteiger partial charge is 0.492 e. The highest BCUT2D eigenvalue weighted by Gasteiger charge is 2.36. The maximum absolute atomic E-state index is 13.1. The number of halogens is 1. The molecular formula is C29H24ClN3O4S. The number of ether oxygens (including phenoxy) is 1. The molecule has 1 aromatic heterocycles. The smallest absolute Gasteiger partial charge is 0.294 e. The lowest BCUT2D eigenvalue weighted by Gasteiger charge is -2.13. The fourth-order valence-corrected chi connectivity index (χ4v) is 5.19. The van der Waals surface area contributed by atoms with E-state index in [-0.39, 0.29) is 11.4 Å². The average molecular weight is 546 g/mol. The van der Waals surface area contributed by atoms with Crippen LogP contribution in [0.2, 0.25) is 5.02 Å². The van der Waals surface area contributed by atoms with Crippen molar-refractivity contribution in [2.24, 2.45) is 0 Å². The molecule has 3 amide bonds. The summed E-state index contributed by atoms with van der Waals surface area (Å²) in [5.74, 6) is -0.177. The van der Waals surface area contributed by atoms with Gasteiger partial charge in [-0.05, 0) is 60.7 Å². The lowest BCUT2D eigenvalue weighted by molar-refractivity contribution is -0.127. The number of fused-ring (bicyclic) bond motifs is 1. The van der Waals surface area contributed by atoms with Crippen LogP contribution in [-0.2, 0) is 16.1 Å². The number of amides is 3. The molecule has 1 fully saturated rings. The second-order valence-corrected chi connectivity index (χ2v) is 10.2. The summed E-state index contributed by atoms with van der Waals surface area (Å²) in [6.07, 6.45) is 3.66. The Morgan fingerprint density at radius 2 is 1.82 bits per heavy atom. The van der Waals surface area contributed by atoms with Crippen LogP contribution in [0.15, 0.2) is 83.9 Å². The summed E-state index contributed by atoms with van der Waals surface area (Å²) < 4.78 is 7.91. The van der Waals surface area contributed by atoms with E-state index in [1.54, 1.807) is 24.3 Å². The van der Waals surface area contributed by atoms with Crippen LogP contribution in [0.3, 0.4) is 0 Å². The number of hydrogen-bond acceptors (Lipinski definition) is 5. The Bertz CT molecular complexity index is 1560. The van der Waals surface area contributed by atoms with Gasteiger partial charge in [0.2, 0.25) is 5.91 Å². The molecule has 1 aliphatic heterocycles. The van der Waals surface area contributed by atoms with Crippen LogP contribution in [-0.4, -0.2) is 39.7 Å². The lowest BCUT2D eigenvalue weighted by Crippen LogP contribution is -2.36. The number of aromatic nitrogens is 1. The summed E-state index contributed by atoms with van der Waals surface area (Å²) in [5, 5.41) is 3.67. The molecule has 7 nitrogen and oxygen atoms in total. The van der Waals surface area contributed by atoms with E-state index in [0.717, 1.165) is 44.4 Å². The van der Waals surface area contributed by atoms with E-state index in [0.29, 0.717) is 23.9 Å². The molecule has 1 saturated heterocycles. The molecule has 9 heteroatoms. The minimum atomic E-state index is -0.498. The highest BCUT2D eigenvalue weighted by molar-refractivity contribution is 8.18. The highest BCUT2D eigenvalue weighted by Crippen LogP contribution is 2.34. The number of thioether (sulfide) groups is 1. The molecule has 192 valence electrons. The quantitative estimate of drug-likeness (QED) is 0.261. The molecule has 5 rings (SSSR count). The molecule has 0 unspecified atom stereocenters. The molecule has 4 aromatic rings.